The molecule has 1 aliphatic carbocycles. The standard InChI is InChI=1S/C21H24N2O4/c24-17-7-4-5-8-18(17)27-21(26)14-10-11-15-16(13-14)22-19-9-3-1-2-6-12-23(19)20(15)25/h10-11,13,18H,1-9,12H2/t18-/m1/s1. The van der Waals surface area contributed by atoms with Crippen molar-refractivity contribution in [2.45, 2.75) is 70.4 Å². The van der Waals surface area contributed by atoms with Gasteiger partial charge < -0.3 is 4.74 Å². The maximum Gasteiger partial charge on any atom is 0.338 e. The van der Waals surface area contributed by atoms with E-state index in [2.05, 4.69) is 4.98 Å². The van der Waals surface area contributed by atoms with Crippen LogP contribution in [0.5, 0.6) is 0 Å². The average Bonchev–Trinajstić information content (AvgIpc) is 2.65. The number of hydrogen-bond acceptors (Lipinski definition) is 5. The van der Waals surface area contributed by atoms with Crippen LogP contribution >= 0.6 is 0 Å². The maximum atomic E-state index is 12.8. The predicted octanol–water partition coefficient (Wildman–Crippen LogP) is 3.18. The molecule has 4 rings (SSSR count). The fourth-order valence-corrected chi connectivity index (χ4v) is 3.99. The number of carbonyl (C=O) groups is 2. The molecule has 2 aromatic rings. The van der Waals surface area contributed by atoms with Gasteiger partial charge in [-0.3, -0.25) is 14.2 Å². The number of hydrogen-bond donors (Lipinski definition) is 0. The average molecular weight is 368 g/mol. The molecule has 0 spiro atoms. The number of Topliss-reactive ketones (excluding diaryl/α,β-unsaturated/α-hetero) is 1. The zero-order chi connectivity index (χ0) is 18.8. The van der Waals surface area contributed by atoms with Crippen LogP contribution in [-0.4, -0.2) is 27.4 Å². The Bertz CT molecular complexity index is 947. The van der Waals surface area contributed by atoms with E-state index in [1.165, 1.54) is 0 Å². The van der Waals surface area contributed by atoms with E-state index in [9.17, 15) is 14.4 Å². The summed E-state index contributed by atoms with van der Waals surface area (Å²) >= 11 is 0. The fourth-order valence-electron chi connectivity index (χ4n) is 3.99. The maximum absolute atomic E-state index is 12.8. The molecule has 1 aromatic heterocycles. The van der Waals surface area contributed by atoms with Gasteiger partial charge in [0.25, 0.3) is 5.56 Å². The molecule has 27 heavy (non-hydrogen) atoms. The third-order valence-electron chi connectivity index (χ3n) is 5.55. The number of benzene rings is 1. The molecular formula is C21H24N2O4. The lowest BCUT2D eigenvalue weighted by atomic mass is 9.96. The van der Waals surface area contributed by atoms with E-state index in [-0.39, 0.29) is 11.3 Å². The summed E-state index contributed by atoms with van der Waals surface area (Å²) in [7, 11) is 0. The van der Waals surface area contributed by atoms with E-state index in [4.69, 9.17) is 4.74 Å². The first-order valence-corrected chi connectivity index (χ1v) is 9.90. The van der Waals surface area contributed by atoms with Crippen molar-refractivity contribution in [3.8, 4) is 0 Å². The molecule has 0 saturated heterocycles. The highest BCUT2D eigenvalue weighted by Gasteiger charge is 2.26. The third-order valence-corrected chi connectivity index (χ3v) is 5.55. The Kier molecular flexibility index (Phi) is 5.05. The van der Waals surface area contributed by atoms with Crippen molar-refractivity contribution in [2.24, 2.45) is 0 Å². The van der Waals surface area contributed by atoms with Gasteiger partial charge in [0, 0.05) is 19.4 Å². The van der Waals surface area contributed by atoms with Gasteiger partial charge in [-0.25, -0.2) is 9.78 Å². The number of rotatable bonds is 2. The lowest BCUT2D eigenvalue weighted by molar-refractivity contribution is -0.129. The van der Waals surface area contributed by atoms with E-state index in [1.54, 1.807) is 22.8 Å². The highest BCUT2D eigenvalue weighted by Crippen LogP contribution is 2.20. The second-order valence-corrected chi connectivity index (χ2v) is 7.49. The van der Waals surface area contributed by atoms with E-state index in [0.29, 0.717) is 35.9 Å². The minimum atomic E-state index is -0.642. The van der Waals surface area contributed by atoms with Crippen molar-refractivity contribution in [1.82, 2.24) is 9.55 Å². The zero-order valence-electron chi connectivity index (χ0n) is 15.4. The van der Waals surface area contributed by atoms with Crippen molar-refractivity contribution in [2.75, 3.05) is 0 Å². The summed E-state index contributed by atoms with van der Waals surface area (Å²) in [4.78, 5) is 41.9. The molecule has 142 valence electrons. The number of aromatic nitrogens is 2. The van der Waals surface area contributed by atoms with Crippen LogP contribution in [0.4, 0.5) is 0 Å². The van der Waals surface area contributed by atoms with Crippen LogP contribution in [0.2, 0.25) is 0 Å². The summed E-state index contributed by atoms with van der Waals surface area (Å²) in [5.41, 5.74) is 0.819. The van der Waals surface area contributed by atoms with E-state index < -0.39 is 12.1 Å². The van der Waals surface area contributed by atoms with Gasteiger partial charge in [0.2, 0.25) is 0 Å². The van der Waals surface area contributed by atoms with Crippen LogP contribution < -0.4 is 5.56 Å². The number of carbonyl (C=O) groups excluding carboxylic acids is 2. The van der Waals surface area contributed by atoms with Crippen molar-refractivity contribution in [1.29, 1.82) is 0 Å². The molecule has 1 aromatic carbocycles. The number of fused-ring (bicyclic) bond motifs is 2. The molecule has 6 heteroatoms. The Morgan fingerprint density at radius 1 is 1.04 bits per heavy atom. The molecule has 1 fully saturated rings. The van der Waals surface area contributed by atoms with Crippen LogP contribution in [-0.2, 0) is 22.5 Å². The number of nitrogens with zero attached hydrogens (tertiary/aromatic N) is 2. The lowest BCUT2D eigenvalue weighted by Crippen LogP contribution is -2.30. The van der Waals surface area contributed by atoms with Crippen LogP contribution in [0.1, 0.15) is 67.5 Å². The summed E-state index contributed by atoms with van der Waals surface area (Å²) in [6.45, 7) is 0.699. The topological polar surface area (TPSA) is 78.3 Å². The van der Waals surface area contributed by atoms with Crippen LogP contribution in [0.25, 0.3) is 10.9 Å². The second-order valence-electron chi connectivity index (χ2n) is 7.49. The van der Waals surface area contributed by atoms with Crippen LogP contribution in [0.15, 0.2) is 23.0 Å². The molecule has 0 bridgehead atoms. The highest BCUT2D eigenvalue weighted by molar-refractivity contribution is 5.96. The quantitative estimate of drug-likeness (QED) is 0.761. The van der Waals surface area contributed by atoms with Crippen molar-refractivity contribution in [3.63, 3.8) is 0 Å². The smallest absolute Gasteiger partial charge is 0.338 e. The minimum absolute atomic E-state index is 0.00635. The number of ketones is 1. The summed E-state index contributed by atoms with van der Waals surface area (Å²) in [6, 6.07) is 4.86. The molecule has 2 aliphatic rings. The second kappa shape index (κ2) is 7.62. The molecule has 1 saturated carbocycles. The minimum Gasteiger partial charge on any atom is -0.451 e. The molecule has 0 radical (unpaired) electrons. The Morgan fingerprint density at radius 2 is 1.85 bits per heavy atom. The Hall–Kier alpha value is -2.50. The van der Waals surface area contributed by atoms with E-state index >= 15 is 0 Å². The molecule has 0 unspecified atom stereocenters. The van der Waals surface area contributed by atoms with Gasteiger partial charge in [-0.2, -0.15) is 0 Å². The van der Waals surface area contributed by atoms with Gasteiger partial charge in [0.15, 0.2) is 11.9 Å². The first kappa shape index (κ1) is 17.9. The Balaban J connectivity index is 1.65. The highest BCUT2D eigenvalue weighted by atomic mass is 16.5. The molecule has 2 heterocycles. The largest absolute Gasteiger partial charge is 0.451 e. The van der Waals surface area contributed by atoms with Gasteiger partial charge in [-0.05, 0) is 50.3 Å². The normalized spacial score (nSPS) is 20.6. The lowest BCUT2D eigenvalue weighted by Gasteiger charge is -2.20. The molecular weight excluding hydrogens is 344 g/mol. The van der Waals surface area contributed by atoms with Gasteiger partial charge in [0.05, 0.1) is 16.5 Å². The third kappa shape index (κ3) is 3.66. The van der Waals surface area contributed by atoms with Crippen molar-refractivity contribution < 1.29 is 14.3 Å². The molecule has 1 aliphatic heterocycles. The SMILES string of the molecule is O=C(O[C@@H]1CCCCC1=O)c1ccc2c(=O)n3c(nc2c1)CCCCCC3. The Morgan fingerprint density at radius 3 is 2.70 bits per heavy atom. The van der Waals surface area contributed by atoms with Gasteiger partial charge in [-0.1, -0.05) is 12.8 Å². The summed E-state index contributed by atoms with van der Waals surface area (Å²) in [6.07, 6.45) is 7.24. The predicted molar refractivity (Wildman–Crippen MR) is 101 cm³/mol. The first-order valence-electron chi connectivity index (χ1n) is 9.90. The van der Waals surface area contributed by atoms with Gasteiger partial charge in [-0.15, -0.1) is 0 Å². The summed E-state index contributed by atoms with van der Waals surface area (Å²) < 4.78 is 7.20. The number of esters is 1. The van der Waals surface area contributed by atoms with Gasteiger partial charge in [0.1, 0.15) is 5.82 Å². The molecule has 6 nitrogen and oxygen atoms in total. The van der Waals surface area contributed by atoms with Gasteiger partial charge >= 0.3 is 5.97 Å². The van der Waals surface area contributed by atoms with Crippen molar-refractivity contribution >= 4 is 22.7 Å². The van der Waals surface area contributed by atoms with Crippen molar-refractivity contribution in [3.05, 3.63) is 39.9 Å². The summed E-state index contributed by atoms with van der Waals surface area (Å²) in [5.74, 6) is 0.263. The van der Waals surface area contributed by atoms with Crippen LogP contribution in [0, 0.1) is 0 Å². The molecule has 0 N–H and O–H groups in total. The zero-order valence-corrected chi connectivity index (χ0v) is 15.4. The monoisotopic (exact) mass is 368 g/mol. The van der Waals surface area contributed by atoms with Crippen LogP contribution in [0.3, 0.4) is 0 Å². The van der Waals surface area contributed by atoms with E-state index in [0.717, 1.165) is 50.8 Å². The Labute approximate surface area is 157 Å². The molecule has 1 atom stereocenters. The summed E-state index contributed by atoms with van der Waals surface area (Å²) in [5, 5.41) is 0.518. The number of ether oxygens (including phenoxy) is 1. The number of aryl methyl sites for hydroxylation is 1. The fraction of sp³-hybridized carbons (Fsp3) is 0.524. The first-order chi connectivity index (χ1) is 13.1. The van der Waals surface area contributed by atoms with E-state index in [1.807, 2.05) is 0 Å². The molecule has 0 amide bonds.